The van der Waals surface area contributed by atoms with Gasteiger partial charge in [-0.25, -0.2) is 0 Å². The lowest BCUT2D eigenvalue weighted by molar-refractivity contribution is -0.364. The number of ether oxygens (including phenoxy) is 3. The SMILES string of the molecule is CC1(C)OC[C@H]2O[C@H](O)[C@H](NC(=O)C(Cl)(Cl)Cl)[C@@H](O)[C@@H]2O1. The predicted molar refractivity (Wildman–Crippen MR) is 74.0 cm³/mol. The fourth-order valence-electron chi connectivity index (χ4n) is 2.25. The van der Waals surface area contributed by atoms with Crippen LogP contribution in [0.3, 0.4) is 0 Å². The van der Waals surface area contributed by atoms with Crippen molar-refractivity contribution >= 4 is 40.7 Å². The summed E-state index contributed by atoms with van der Waals surface area (Å²) in [4.78, 5) is 11.7. The Morgan fingerprint density at radius 3 is 2.52 bits per heavy atom. The van der Waals surface area contributed by atoms with Crippen molar-refractivity contribution in [2.45, 2.75) is 54.1 Å². The Balaban J connectivity index is 2.11. The number of carbonyl (C=O) groups is 1. The minimum atomic E-state index is -2.22. The van der Waals surface area contributed by atoms with Crippen LogP contribution < -0.4 is 5.32 Å². The first kappa shape index (κ1) is 17.5. The van der Waals surface area contributed by atoms with Gasteiger partial charge in [-0.05, 0) is 13.8 Å². The summed E-state index contributed by atoms with van der Waals surface area (Å²) in [5.74, 6) is -1.90. The number of nitrogens with one attached hydrogen (secondary N) is 1. The average Bonchev–Trinajstić information content (AvgIpc) is 2.34. The molecule has 5 atom stereocenters. The van der Waals surface area contributed by atoms with Gasteiger partial charge < -0.3 is 29.7 Å². The average molecular weight is 365 g/mol. The van der Waals surface area contributed by atoms with E-state index in [1.807, 2.05) is 0 Å². The van der Waals surface area contributed by atoms with Gasteiger partial charge in [0.15, 0.2) is 12.1 Å². The number of fused-ring (bicyclic) bond motifs is 1. The molecule has 0 spiro atoms. The Labute approximate surface area is 136 Å². The molecule has 21 heavy (non-hydrogen) atoms. The molecule has 2 saturated heterocycles. The first-order valence-electron chi connectivity index (χ1n) is 6.22. The van der Waals surface area contributed by atoms with Crippen LogP contribution >= 0.6 is 34.8 Å². The van der Waals surface area contributed by atoms with Gasteiger partial charge in [0, 0.05) is 0 Å². The number of amides is 1. The van der Waals surface area contributed by atoms with E-state index in [0.717, 1.165) is 0 Å². The molecule has 122 valence electrons. The number of carbonyl (C=O) groups excluding carboxylic acids is 1. The van der Waals surface area contributed by atoms with Crippen LogP contribution in [-0.2, 0) is 19.0 Å². The molecule has 2 heterocycles. The summed E-state index contributed by atoms with van der Waals surface area (Å²) in [6, 6.07) is -1.19. The molecule has 0 unspecified atom stereocenters. The van der Waals surface area contributed by atoms with Gasteiger partial charge in [0.25, 0.3) is 9.70 Å². The van der Waals surface area contributed by atoms with E-state index in [1.165, 1.54) is 0 Å². The summed E-state index contributed by atoms with van der Waals surface area (Å²) in [6.07, 6.45) is -4.19. The molecule has 2 aliphatic rings. The number of hydrogen-bond donors (Lipinski definition) is 3. The van der Waals surface area contributed by atoms with E-state index in [-0.39, 0.29) is 6.61 Å². The van der Waals surface area contributed by atoms with Crippen molar-refractivity contribution in [3.63, 3.8) is 0 Å². The lowest BCUT2D eigenvalue weighted by Crippen LogP contribution is -2.68. The highest BCUT2D eigenvalue weighted by Gasteiger charge is 2.51. The molecule has 0 aromatic heterocycles. The van der Waals surface area contributed by atoms with E-state index >= 15 is 0 Å². The smallest absolute Gasteiger partial charge is 0.272 e. The maximum Gasteiger partial charge on any atom is 0.272 e. The third-order valence-corrected chi connectivity index (χ3v) is 3.78. The van der Waals surface area contributed by atoms with E-state index in [1.54, 1.807) is 13.8 Å². The highest BCUT2D eigenvalue weighted by Crippen LogP contribution is 2.33. The molecule has 2 rings (SSSR count). The third-order valence-electron chi connectivity index (χ3n) is 3.26. The molecule has 1 amide bonds. The standard InChI is InChI=1S/C11H16Cl3NO6/c1-10(2)19-3-4-7(21-10)6(16)5(8(17)20-4)15-9(18)11(12,13)14/h4-8,16-17H,3H2,1-2H3,(H,15,18)/t4-,5-,6-,7-,8+/m1/s1. The minimum Gasteiger partial charge on any atom is -0.388 e. The number of rotatable bonds is 1. The number of alkyl halides is 3. The van der Waals surface area contributed by atoms with E-state index in [0.29, 0.717) is 0 Å². The largest absolute Gasteiger partial charge is 0.388 e. The van der Waals surface area contributed by atoms with Crippen molar-refractivity contribution in [2.24, 2.45) is 0 Å². The maximum atomic E-state index is 11.7. The summed E-state index contributed by atoms with van der Waals surface area (Å²) >= 11 is 16.3. The van der Waals surface area contributed by atoms with Gasteiger partial charge in [0.1, 0.15) is 24.4 Å². The molecule has 0 radical (unpaired) electrons. The second-order valence-electron chi connectivity index (χ2n) is 5.35. The molecule has 10 heteroatoms. The van der Waals surface area contributed by atoms with Crippen molar-refractivity contribution < 1.29 is 29.2 Å². The monoisotopic (exact) mass is 363 g/mol. The second kappa shape index (κ2) is 5.98. The minimum absolute atomic E-state index is 0.136. The van der Waals surface area contributed by atoms with E-state index < -0.39 is 46.1 Å². The van der Waals surface area contributed by atoms with Gasteiger partial charge in [-0.3, -0.25) is 4.79 Å². The molecule has 0 aromatic rings. The second-order valence-corrected chi connectivity index (χ2v) is 7.63. The molecule has 2 fully saturated rings. The van der Waals surface area contributed by atoms with Crippen molar-refractivity contribution in [3.05, 3.63) is 0 Å². The van der Waals surface area contributed by atoms with E-state index in [9.17, 15) is 15.0 Å². The van der Waals surface area contributed by atoms with Crippen LogP contribution in [0.1, 0.15) is 13.8 Å². The number of halogens is 3. The van der Waals surface area contributed by atoms with Gasteiger partial charge in [0.2, 0.25) is 0 Å². The molecular formula is C11H16Cl3NO6. The predicted octanol–water partition coefficient (Wildman–Crippen LogP) is 0.0710. The molecule has 0 bridgehead atoms. The number of aliphatic hydroxyl groups is 2. The maximum absolute atomic E-state index is 11.7. The molecule has 0 aliphatic carbocycles. The zero-order chi connectivity index (χ0) is 16.0. The lowest BCUT2D eigenvalue weighted by Gasteiger charge is -2.49. The van der Waals surface area contributed by atoms with Crippen LogP contribution in [0.15, 0.2) is 0 Å². The zero-order valence-corrected chi connectivity index (χ0v) is 13.5. The Kier molecular flexibility index (Phi) is 4.98. The first-order chi connectivity index (χ1) is 9.51. The molecule has 7 nitrogen and oxygen atoms in total. The van der Waals surface area contributed by atoms with Gasteiger partial charge >= 0.3 is 0 Å². The van der Waals surface area contributed by atoms with E-state index in [2.05, 4.69) is 5.32 Å². The number of aliphatic hydroxyl groups excluding tert-OH is 2. The van der Waals surface area contributed by atoms with Crippen LogP contribution in [0.2, 0.25) is 0 Å². The normalized spacial score (nSPS) is 39.5. The highest BCUT2D eigenvalue weighted by molar-refractivity contribution is 6.76. The van der Waals surface area contributed by atoms with Gasteiger partial charge in [-0.2, -0.15) is 0 Å². The van der Waals surface area contributed by atoms with Gasteiger partial charge in [-0.15, -0.1) is 0 Å². The quantitative estimate of drug-likeness (QED) is 0.570. The van der Waals surface area contributed by atoms with E-state index in [4.69, 9.17) is 49.0 Å². The summed E-state index contributed by atoms with van der Waals surface area (Å²) < 4.78 is 14.0. The Bertz CT molecular complexity index is 415. The third kappa shape index (κ3) is 3.92. The molecular weight excluding hydrogens is 348 g/mol. The summed E-state index contributed by atoms with van der Waals surface area (Å²) in [5, 5.41) is 22.4. The van der Waals surface area contributed by atoms with Gasteiger partial charge in [0.05, 0.1) is 6.61 Å². The van der Waals surface area contributed by atoms with Crippen LogP contribution in [0.4, 0.5) is 0 Å². The molecule has 0 saturated carbocycles. The van der Waals surface area contributed by atoms with Crippen LogP contribution in [0, 0.1) is 0 Å². The summed E-state index contributed by atoms with van der Waals surface area (Å²) in [6.45, 7) is 3.49. The fourth-order valence-corrected chi connectivity index (χ4v) is 2.41. The number of hydrogen-bond acceptors (Lipinski definition) is 6. The zero-order valence-electron chi connectivity index (χ0n) is 11.3. The van der Waals surface area contributed by atoms with Gasteiger partial charge in [-0.1, -0.05) is 34.8 Å². The Morgan fingerprint density at radius 1 is 1.33 bits per heavy atom. The van der Waals surface area contributed by atoms with Crippen molar-refractivity contribution in [2.75, 3.05) is 6.61 Å². The Hall–Kier alpha value is 0.140. The molecule has 2 aliphatic heterocycles. The topological polar surface area (TPSA) is 97.2 Å². The van der Waals surface area contributed by atoms with Crippen molar-refractivity contribution in [1.82, 2.24) is 5.32 Å². The van der Waals surface area contributed by atoms with Crippen LogP contribution in [0.5, 0.6) is 0 Å². The Morgan fingerprint density at radius 2 is 1.95 bits per heavy atom. The summed E-state index contributed by atoms with van der Waals surface area (Å²) in [7, 11) is 0. The van der Waals surface area contributed by atoms with Crippen molar-refractivity contribution in [3.8, 4) is 0 Å². The molecule has 0 aromatic carbocycles. The van der Waals surface area contributed by atoms with Crippen LogP contribution in [-0.4, -0.2) is 63.0 Å². The van der Waals surface area contributed by atoms with Crippen molar-refractivity contribution in [1.29, 1.82) is 0 Å². The molecule has 3 N–H and O–H groups in total. The highest BCUT2D eigenvalue weighted by atomic mass is 35.6. The fraction of sp³-hybridized carbons (Fsp3) is 0.909. The van der Waals surface area contributed by atoms with Crippen LogP contribution in [0.25, 0.3) is 0 Å². The summed E-state index contributed by atoms with van der Waals surface area (Å²) in [5.41, 5.74) is 0. The first-order valence-corrected chi connectivity index (χ1v) is 7.36. The lowest BCUT2D eigenvalue weighted by atomic mass is 9.95.